The molecule has 0 aliphatic heterocycles. The summed E-state index contributed by atoms with van der Waals surface area (Å²) in [7, 11) is 0. The first-order valence-electron chi connectivity index (χ1n) is 4.74. The van der Waals surface area contributed by atoms with E-state index in [-0.39, 0.29) is 5.97 Å². The maximum atomic E-state index is 11.1. The molecule has 0 aromatic rings. The minimum Gasteiger partial charge on any atom is -0.465 e. The molecule has 1 saturated carbocycles. The van der Waals surface area contributed by atoms with E-state index in [1.165, 1.54) is 12.8 Å². The fraction of sp³-hybridized carbons (Fsp3) is 0.889. The first-order valence-corrected chi connectivity index (χ1v) is 5.89. The van der Waals surface area contributed by atoms with Crippen molar-refractivity contribution in [1.82, 2.24) is 0 Å². The van der Waals surface area contributed by atoms with E-state index in [9.17, 15) is 4.79 Å². The zero-order chi connectivity index (χ0) is 9.68. The Morgan fingerprint density at radius 2 is 2.38 bits per heavy atom. The van der Waals surface area contributed by atoms with E-state index in [4.69, 9.17) is 10.5 Å². The van der Waals surface area contributed by atoms with Gasteiger partial charge in [-0.25, -0.2) is 0 Å². The molecule has 0 spiro atoms. The normalized spacial score (nSPS) is 18.3. The first kappa shape index (κ1) is 10.9. The lowest BCUT2D eigenvalue weighted by molar-refractivity contribution is -0.144. The van der Waals surface area contributed by atoms with Gasteiger partial charge in [-0.05, 0) is 31.4 Å². The Morgan fingerprint density at radius 3 is 2.92 bits per heavy atom. The van der Waals surface area contributed by atoms with Crippen molar-refractivity contribution in [2.24, 2.45) is 11.7 Å². The van der Waals surface area contributed by atoms with Crippen molar-refractivity contribution < 1.29 is 9.53 Å². The van der Waals surface area contributed by atoms with Crippen molar-refractivity contribution in [1.29, 1.82) is 0 Å². The molecule has 2 N–H and O–H groups in total. The van der Waals surface area contributed by atoms with Gasteiger partial charge in [-0.15, -0.1) is 0 Å². The Balaban J connectivity index is 2.01. The van der Waals surface area contributed by atoms with Crippen LogP contribution in [0.4, 0.5) is 0 Å². The quantitative estimate of drug-likeness (QED) is 0.655. The van der Waals surface area contributed by atoms with Gasteiger partial charge in [0.25, 0.3) is 0 Å². The fourth-order valence-electron chi connectivity index (χ4n) is 0.964. The lowest BCUT2D eigenvalue weighted by Gasteiger charge is -2.09. The van der Waals surface area contributed by atoms with Crippen LogP contribution < -0.4 is 5.73 Å². The predicted octanol–water partition coefficient (Wildman–Crippen LogP) is 1.02. The highest BCUT2D eigenvalue weighted by Crippen LogP contribution is 2.32. The lowest BCUT2D eigenvalue weighted by atomic mass is 10.4. The molecule has 13 heavy (non-hydrogen) atoms. The second kappa shape index (κ2) is 5.50. The molecule has 76 valence electrons. The molecule has 1 atom stereocenters. The van der Waals surface area contributed by atoms with Gasteiger partial charge in [-0.3, -0.25) is 4.79 Å². The van der Waals surface area contributed by atoms with Gasteiger partial charge >= 0.3 is 5.97 Å². The Bertz CT molecular complexity index is 171. The van der Waals surface area contributed by atoms with Crippen LogP contribution in [0.25, 0.3) is 0 Å². The van der Waals surface area contributed by atoms with Gasteiger partial charge < -0.3 is 10.5 Å². The molecular weight excluding hydrogens is 186 g/mol. The average molecular weight is 203 g/mol. The molecular formula is C9H17NO2S. The standard InChI is InChI=1S/C9H17NO2S/c1-2-12-9(11)8(10)6-13-5-7-3-4-7/h7-8H,2-6,10H2,1H3. The zero-order valence-corrected chi connectivity index (χ0v) is 8.81. The van der Waals surface area contributed by atoms with E-state index >= 15 is 0 Å². The Morgan fingerprint density at radius 1 is 1.69 bits per heavy atom. The zero-order valence-electron chi connectivity index (χ0n) is 7.99. The van der Waals surface area contributed by atoms with Crippen molar-refractivity contribution in [2.75, 3.05) is 18.1 Å². The molecule has 1 unspecified atom stereocenters. The number of esters is 1. The molecule has 0 bridgehead atoms. The van der Waals surface area contributed by atoms with Crippen molar-refractivity contribution >= 4 is 17.7 Å². The summed E-state index contributed by atoms with van der Waals surface area (Å²) in [6.07, 6.45) is 2.70. The largest absolute Gasteiger partial charge is 0.465 e. The van der Waals surface area contributed by atoms with Crippen LogP contribution in [-0.2, 0) is 9.53 Å². The summed E-state index contributed by atoms with van der Waals surface area (Å²) in [5.74, 6) is 2.45. The van der Waals surface area contributed by atoms with Crippen molar-refractivity contribution in [3.05, 3.63) is 0 Å². The SMILES string of the molecule is CCOC(=O)C(N)CSCC1CC1. The molecule has 3 nitrogen and oxygen atoms in total. The Kier molecular flexibility index (Phi) is 4.59. The minimum atomic E-state index is -0.441. The Hall–Kier alpha value is -0.220. The van der Waals surface area contributed by atoms with Gasteiger partial charge in [0.05, 0.1) is 6.61 Å². The Labute approximate surface area is 83.4 Å². The van der Waals surface area contributed by atoms with Crippen molar-refractivity contribution in [2.45, 2.75) is 25.8 Å². The third-order valence-corrected chi connectivity index (χ3v) is 3.24. The third kappa shape index (κ3) is 4.52. The molecule has 1 aliphatic carbocycles. The van der Waals surface area contributed by atoms with E-state index in [0.717, 1.165) is 11.7 Å². The highest BCUT2D eigenvalue weighted by Gasteiger charge is 2.22. The number of ether oxygens (including phenoxy) is 1. The maximum absolute atomic E-state index is 11.1. The van der Waals surface area contributed by atoms with E-state index < -0.39 is 6.04 Å². The third-order valence-electron chi connectivity index (χ3n) is 1.94. The highest BCUT2D eigenvalue weighted by molar-refractivity contribution is 7.99. The highest BCUT2D eigenvalue weighted by atomic mass is 32.2. The lowest BCUT2D eigenvalue weighted by Crippen LogP contribution is -2.34. The predicted molar refractivity (Wildman–Crippen MR) is 54.7 cm³/mol. The van der Waals surface area contributed by atoms with Crippen LogP contribution in [0.5, 0.6) is 0 Å². The summed E-state index contributed by atoms with van der Waals surface area (Å²) in [5, 5.41) is 0. The molecule has 1 rings (SSSR count). The van der Waals surface area contributed by atoms with Crippen molar-refractivity contribution in [3.8, 4) is 0 Å². The molecule has 0 radical (unpaired) electrons. The van der Waals surface area contributed by atoms with E-state index in [2.05, 4.69) is 0 Å². The van der Waals surface area contributed by atoms with Crippen LogP contribution in [0.3, 0.4) is 0 Å². The van der Waals surface area contributed by atoms with Gasteiger partial charge in [0.15, 0.2) is 0 Å². The number of hydrogen-bond donors (Lipinski definition) is 1. The average Bonchev–Trinajstić information content (AvgIpc) is 2.88. The second-order valence-corrected chi connectivity index (χ2v) is 4.41. The van der Waals surface area contributed by atoms with E-state index in [0.29, 0.717) is 12.4 Å². The number of carbonyl (C=O) groups excluding carboxylic acids is 1. The molecule has 4 heteroatoms. The summed E-state index contributed by atoms with van der Waals surface area (Å²) in [5.41, 5.74) is 5.61. The molecule has 1 fully saturated rings. The molecule has 0 aromatic carbocycles. The summed E-state index contributed by atoms with van der Waals surface area (Å²) >= 11 is 1.76. The summed E-state index contributed by atoms with van der Waals surface area (Å²) in [6, 6.07) is -0.441. The van der Waals surface area contributed by atoms with E-state index in [1.807, 2.05) is 0 Å². The number of nitrogens with two attached hydrogens (primary N) is 1. The molecule has 0 heterocycles. The fourth-order valence-corrected chi connectivity index (χ4v) is 2.16. The van der Waals surface area contributed by atoms with Crippen molar-refractivity contribution in [3.63, 3.8) is 0 Å². The van der Waals surface area contributed by atoms with Crippen LogP contribution in [0, 0.1) is 5.92 Å². The van der Waals surface area contributed by atoms with E-state index in [1.54, 1.807) is 18.7 Å². The summed E-state index contributed by atoms with van der Waals surface area (Å²) in [6.45, 7) is 2.21. The monoisotopic (exact) mass is 203 g/mol. The summed E-state index contributed by atoms with van der Waals surface area (Å²) in [4.78, 5) is 11.1. The molecule has 0 saturated heterocycles. The first-order chi connectivity index (χ1) is 6.24. The maximum Gasteiger partial charge on any atom is 0.323 e. The van der Waals surface area contributed by atoms with Crippen LogP contribution in [-0.4, -0.2) is 30.1 Å². The molecule has 0 amide bonds. The minimum absolute atomic E-state index is 0.272. The number of carbonyl (C=O) groups is 1. The number of rotatable bonds is 6. The number of hydrogen-bond acceptors (Lipinski definition) is 4. The van der Waals surface area contributed by atoms with Gasteiger partial charge in [0.1, 0.15) is 6.04 Å². The van der Waals surface area contributed by atoms with Crippen LogP contribution in [0.1, 0.15) is 19.8 Å². The summed E-state index contributed by atoms with van der Waals surface area (Å²) < 4.78 is 4.80. The van der Waals surface area contributed by atoms with Gasteiger partial charge in [0, 0.05) is 5.75 Å². The van der Waals surface area contributed by atoms with Gasteiger partial charge in [-0.1, -0.05) is 0 Å². The smallest absolute Gasteiger partial charge is 0.323 e. The van der Waals surface area contributed by atoms with Crippen LogP contribution in [0.2, 0.25) is 0 Å². The van der Waals surface area contributed by atoms with Crippen LogP contribution in [0.15, 0.2) is 0 Å². The van der Waals surface area contributed by atoms with Crippen LogP contribution >= 0.6 is 11.8 Å². The molecule has 1 aliphatic rings. The topological polar surface area (TPSA) is 52.3 Å². The van der Waals surface area contributed by atoms with Gasteiger partial charge in [0.2, 0.25) is 0 Å². The number of thioether (sulfide) groups is 1. The van der Waals surface area contributed by atoms with Gasteiger partial charge in [-0.2, -0.15) is 11.8 Å². The molecule has 0 aromatic heterocycles. The second-order valence-electron chi connectivity index (χ2n) is 3.34.